The van der Waals surface area contributed by atoms with E-state index in [-0.39, 0.29) is 11.7 Å². The third-order valence-corrected chi connectivity index (χ3v) is 7.18. The second kappa shape index (κ2) is 10.3. The summed E-state index contributed by atoms with van der Waals surface area (Å²) in [5, 5.41) is 3.76. The number of piperazine rings is 1. The molecule has 36 heavy (non-hydrogen) atoms. The van der Waals surface area contributed by atoms with Gasteiger partial charge < -0.3 is 10.2 Å². The monoisotopic (exact) mass is 543 g/mol. The van der Waals surface area contributed by atoms with E-state index in [0.29, 0.717) is 52.9 Å². The quantitative estimate of drug-likeness (QED) is 0.536. The summed E-state index contributed by atoms with van der Waals surface area (Å²) in [6.07, 6.45) is -3.49. The number of rotatable bonds is 6. The van der Waals surface area contributed by atoms with Gasteiger partial charge in [-0.15, -0.1) is 0 Å². The molecule has 1 aliphatic heterocycles. The highest BCUT2D eigenvalue weighted by atomic mass is 35.5. The van der Waals surface area contributed by atoms with E-state index in [1.165, 1.54) is 0 Å². The number of halogens is 5. The summed E-state index contributed by atoms with van der Waals surface area (Å²) < 4.78 is 40.3. The first kappa shape index (κ1) is 26.9. The highest BCUT2D eigenvalue weighted by molar-refractivity contribution is 6.36. The van der Waals surface area contributed by atoms with Crippen LogP contribution in [0.25, 0.3) is 0 Å². The van der Waals surface area contributed by atoms with Gasteiger partial charge in [-0.05, 0) is 36.5 Å². The molecule has 1 amide bonds. The molecule has 2 atom stereocenters. The topological polar surface area (TPSA) is 61.4 Å². The summed E-state index contributed by atoms with van der Waals surface area (Å²) in [6.45, 7) is 9.59. The molecule has 1 aromatic heterocycles. The molecule has 196 valence electrons. The second-order valence-corrected chi connectivity index (χ2v) is 11.4. The number of hydrogen-bond donors (Lipinski definition) is 1. The molecule has 2 fully saturated rings. The number of benzene rings is 1. The minimum atomic E-state index is -4.52. The van der Waals surface area contributed by atoms with E-state index in [1.807, 2.05) is 25.7 Å². The molecule has 0 bridgehead atoms. The van der Waals surface area contributed by atoms with Crippen molar-refractivity contribution in [2.24, 2.45) is 11.8 Å². The number of nitrogens with one attached hydrogen (secondary N) is 1. The van der Waals surface area contributed by atoms with Gasteiger partial charge in [-0.25, -0.2) is 9.97 Å². The average Bonchev–Trinajstić information content (AvgIpc) is 3.54. The number of alkyl halides is 3. The van der Waals surface area contributed by atoms with Crippen LogP contribution in [0.4, 0.5) is 19.0 Å². The molecule has 2 unspecified atom stereocenters. The maximum Gasteiger partial charge on any atom is 0.433 e. The van der Waals surface area contributed by atoms with Gasteiger partial charge in [0.05, 0.1) is 10.6 Å². The van der Waals surface area contributed by atoms with Crippen molar-refractivity contribution in [2.45, 2.75) is 38.8 Å². The summed E-state index contributed by atoms with van der Waals surface area (Å²) in [5.41, 5.74) is -1.09. The van der Waals surface area contributed by atoms with Crippen molar-refractivity contribution in [3.63, 3.8) is 0 Å². The SMILES string of the molecule is CC(C)(C)c1nc(N2CCN(CC3CC3CNC(=O)c3ccc(Cl)cc3Cl)CC2)cc(C(F)(F)F)n1. The van der Waals surface area contributed by atoms with Crippen LogP contribution in [0, 0.1) is 11.8 Å². The fourth-order valence-corrected chi connectivity index (χ4v) is 4.84. The number of nitrogens with zero attached hydrogens (tertiary/aromatic N) is 4. The smallest absolute Gasteiger partial charge is 0.354 e. The zero-order valence-electron chi connectivity index (χ0n) is 20.5. The summed E-state index contributed by atoms with van der Waals surface area (Å²) in [7, 11) is 0. The zero-order chi connectivity index (χ0) is 26.3. The van der Waals surface area contributed by atoms with Crippen LogP contribution in [0.2, 0.25) is 10.0 Å². The predicted molar refractivity (Wildman–Crippen MR) is 135 cm³/mol. The number of aromatic nitrogens is 2. The molecule has 11 heteroatoms. The molecule has 1 N–H and O–H groups in total. The van der Waals surface area contributed by atoms with Crippen molar-refractivity contribution in [3.05, 3.63) is 51.4 Å². The number of hydrogen-bond acceptors (Lipinski definition) is 5. The Morgan fingerprint density at radius 1 is 1.06 bits per heavy atom. The van der Waals surface area contributed by atoms with E-state index < -0.39 is 17.3 Å². The van der Waals surface area contributed by atoms with Gasteiger partial charge in [0.25, 0.3) is 5.91 Å². The van der Waals surface area contributed by atoms with Gasteiger partial charge in [-0.2, -0.15) is 13.2 Å². The van der Waals surface area contributed by atoms with Crippen molar-refractivity contribution < 1.29 is 18.0 Å². The highest BCUT2D eigenvalue weighted by Gasteiger charge is 2.39. The molecule has 1 aromatic carbocycles. The summed E-state index contributed by atoms with van der Waals surface area (Å²) in [6, 6.07) is 5.85. The first-order valence-corrected chi connectivity index (χ1v) is 12.7. The Labute approximate surface area is 219 Å². The van der Waals surface area contributed by atoms with E-state index >= 15 is 0 Å². The first-order valence-electron chi connectivity index (χ1n) is 12.0. The van der Waals surface area contributed by atoms with Gasteiger partial charge in [0.2, 0.25) is 0 Å². The van der Waals surface area contributed by atoms with Crippen molar-refractivity contribution in [2.75, 3.05) is 44.2 Å². The second-order valence-electron chi connectivity index (χ2n) is 10.6. The van der Waals surface area contributed by atoms with Crippen LogP contribution in [-0.4, -0.2) is 60.0 Å². The molecule has 1 aliphatic carbocycles. The predicted octanol–water partition coefficient (Wildman–Crippen LogP) is 5.29. The van der Waals surface area contributed by atoms with E-state index in [0.717, 1.165) is 32.1 Å². The third-order valence-electron chi connectivity index (χ3n) is 6.63. The average molecular weight is 544 g/mol. The van der Waals surface area contributed by atoms with Crippen LogP contribution < -0.4 is 10.2 Å². The lowest BCUT2D eigenvalue weighted by atomic mass is 9.95. The first-order chi connectivity index (χ1) is 16.8. The Morgan fingerprint density at radius 2 is 1.75 bits per heavy atom. The van der Waals surface area contributed by atoms with Gasteiger partial charge in [0.15, 0.2) is 0 Å². The van der Waals surface area contributed by atoms with Crippen LogP contribution in [-0.2, 0) is 11.6 Å². The minimum Gasteiger partial charge on any atom is -0.354 e. The number of carbonyl (C=O) groups excluding carboxylic acids is 1. The standard InChI is InChI=1S/C25H30Cl2F3N5O/c1-24(2,3)23-32-20(25(28,29)30)12-21(33-23)35-8-6-34(7-9-35)14-16-10-15(16)13-31-22(36)18-5-4-17(26)11-19(18)27/h4-5,11-12,15-16H,6-10,13-14H2,1-3H3,(H,31,36). The van der Waals surface area contributed by atoms with Crippen LogP contribution in [0.3, 0.4) is 0 Å². The lowest BCUT2D eigenvalue weighted by Crippen LogP contribution is -2.47. The van der Waals surface area contributed by atoms with Crippen LogP contribution in [0.1, 0.15) is 49.1 Å². The molecule has 2 heterocycles. The Kier molecular flexibility index (Phi) is 7.74. The van der Waals surface area contributed by atoms with E-state index in [1.54, 1.807) is 18.2 Å². The lowest BCUT2D eigenvalue weighted by molar-refractivity contribution is -0.141. The largest absolute Gasteiger partial charge is 0.433 e. The van der Waals surface area contributed by atoms with Crippen molar-refractivity contribution >= 4 is 34.9 Å². The summed E-state index contributed by atoms with van der Waals surface area (Å²) >= 11 is 12.0. The summed E-state index contributed by atoms with van der Waals surface area (Å²) in [4.78, 5) is 24.9. The van der Waals surface area contributed by atoms with E-state index in [9.17, 15) is 18.0 Å². The van der Waals surface area contributed by atoms with Crippen LogP contribution in [0.5, 0.6) is 0 Å². The third kappa shape index (κ3) is 6.61. The molecule has 4 rings (SSSR count). The van der Waals surface area contributed by atoms with Crippen LogP contribution in [0.15, 0.2) is 24.3 Å². The molecule has 1 saturated heterocycles. The van der Waals surface area contributed by atoms with Gasteiger partial charge in [-0.3, -0.25) is 9.69 Å². The number of anilines is 1. The molecular formula is C25H30Cl2F3N5O. The Balaban J connectivity index is 1.27. The Morgan fingerprint density at radius 3 is 2.36 bits per heavy atom. The van der Waals surface area contributed by atoms with Gasteiger partial charge in [0.1, 0.15) is 17.3 Å². The molecule has 6 nitrogen and oxygen atoms in total. The van der Waals surface area contributed by atoms with Crippen molar-refractivity contribution in [1.29, 1.82) is 0 Å². The fraction of sp³-hybridized carbons (Fsp3) is 0.560. The Bertz CT molecular complexity index is 1080. The fourth-order valence-electron chi connectivity index (χ4n) is 4.34. The van der Waals surface area contributed by atoms with E-state index in [2.05, 4.69) is 20.2 Å². The molecular weight excluding hydrogens is 514 g/mol. The maximum absolute atomic E-state index is 13.4. The minimum absolute atomic E-state index is 0.192. The number of amides is 1. The van der Waals surface area contributed by atoms with Gasteiger partial charge in [0, 0.05) is 55.8 Å². The molecule has 0 spiro atoms. The van der Waals surface area contributed by atoms with Crippen LogP contribution >= 0.6 is 23.2 Å². The van der Waals surface area contributed by atoms with E-state index in [4.69, 9.17) is 23.2 Å². The molecule has 0 radical (unpaired) electrons. The molecule has 1 saturated carbocycles. The van der Waals surface area contributed by atoms with Crippen molar-refractivity contribution in [1.82, 2.24) is 20.2 Å². The maximum atomic E-state index is 13.4. The highest BCUT2D eigenvalue weighted by Crippen LogP contribution is 2.39. The van der Waals surface area contributed by atoms with Gasteiger partial charge >= 0.3 is 6.18 Å². The zero-order valence-corrected chi connectivity index (χ0v) is 22.0. The Hall–Kier alpha value is -2.10. The number of carbonyl (C=O) groups is 1. The molecule has 2 aromatic rings. The molecule has 2 aliphatic rings. The normalized spacial score (nSPS) is 20.9. The lowest BCUT2D eigenvalue weighted by Gasteiger charge is -2.36. The summed E-state index contributed by atoms with van der Waals surface area (Å²) in [5.74, 6) is 1.20. The van der Waals surface area contributed by atoms with Gasteiger partial charge in [-0.1, -0.05) is 44.0 Å². The van der Waals surface area contributed by atoms with Crippen molar-refractivity contribution in [3.8, 4) is 0 Å².